The fraction of sp³-hybridized carbons (Fsp3) is 0.417. The summed E-state index contributed by atoms with van der Waals surface area (Å²) in [6.07, 6.45) is 0.729. The minimum Gasteiger partial charge on any atom is -0.497 e. The average molecular weight is 302 g/mol. The van der Waals surface area contributed by atoms with Crippen LogP contribution in [-0.4, -0.2) is 25.0 Å². The van der Waals surface area contributed by atoms with E-state index in [2.05, 4.69) is 21.2 Å². The number of carbonyl (C=O) groups is 1. The predicted molar refractivity (Wildman–Crippen MR) is 71.2 cm³/mol. The lowest BCUT2D eigenvalue weighted by molar-refractivity contribution is -0.115. The molecule has 1 aromatic rings. The number of nitrogens with one attached hydrogen (secondary N) is 1. The number of rotatable bonds is 5. The molecule has 0 spiro atoms. The Bertz CT molecular complexity index is 373. The van der Waals surface area contributed by atoms with E-state index in [1.807, 2.05) is 6.92 Å². The van der Waals surface area contributed by atoms with E-state index in [1.165, 1.54) is 0 Å². The number of hydrogen-bond acceptors (Lipinski definition) is 3. The SMILES string of the molecule is CCC(Br)C(=O)Nc1cc(OC)cc(OC)c1. The summed E-state index contributed by atoms with van der Waals surface area (Å²) in [5.41, 5.74) is 0.657. The van der Waals surface area contributed by atoms with Crippen molar-refractivity contribution < 1.29 is 14.3 Å². The Balaban J connectivity index is 2.86. The molecule has 0 saturated heterocycles. The van der Waals surface area contributed by atoms with Crippen LogP contribution in [0.25, 0.3) is 0 Å². The van der Waals surface area contributed by atoms with Crippen molar-refractivity contribution in [3.63, 3.8) is 0 Å². The van der Waals surface area contributed by atoms with E-state index in [0.29, 0.717) is 17.2 Å². The summed E-state index contributed by atoms with van der Waals surface area (Å²) >= 11 is 3.30. The van der Waals surface area contributed by atoms with Gasteiger partial charge in [0, 0.05) is 23.9 Å². The van der Waals surface area contributed by atoms with Crippen LogP contribution in [0.2, 0.25) is 0 Å². The summed E-state index contributed by atoms with van der Waals surface area (Å²) < 4.78 is 10.2. The maximum absolute atomic E-state index is 11.7. The highest BCUT2D eigenvalue weighted by molar-refractivity contribution is 9.10. The molecular weight excluding hydrogens is 286 g/mol. The number of hydrogen-bond donors (Lipinski definition) is 1. The molecule has 0 aliphatic carbocycles. The van der Waals surface area contributed by atoms with Crippen LogP contribution >= 0.6 is 15.9 Å². The van der Waals surface area contributed by atoms with E-state index in [1.54, 1.807) is 32.4 Å². The highest BCUT2D eigenvalue weighted by Crippen LogP contribution is 2.26. The molecule has 1 amide bonds. The Kier molecular flexibility index (Phi) is 5.28. The third-order valence-corrected chi connectivity index (χ3v) is 3.33. The van der Waals surface area contributed by atoms with Gasteiger partial charge in [0.25, 0.3) is 0 Å². The highest BCUT2D eigenvalue weighted by atomic mass is 79.9. The second kappa shape index (κ2) is 6.49. The van der Waals surface area contributed by atoms with Gasteiger partial charge in [-0.05, 0) is 6.42 Å². The number of halogens is 1. The monoisotopic (exact) mass is 301 g/mol. The Morgan fingerprint density at radius 3 is 2.24 bits per heavy atom. The molecule has 0 heterocycles. The molecule has 0 bridgehead atoms. The van der Waals surface area contributed by atoms with Gasteiger partial charge < -0.3 is 14.8 Å². The van der Waals surface area contributed by atoms with Crippen molar-refractivity contribution >= 4 is 27.5 Å². The van der Waals surface area contributed by atoms with Crippen molar-refractivity contribution in [3.8, 4) is 11.5 Å². The van der Waals surface area contributed by atoms with Crippen LogP contribution < -0.4 is 14.8 Å². The summed E-state index contributed by atoms with van der Waals surface area (Å²) in [6.45, 7) is 1.94. The van der Waals surface area contributed by atoms with Crippen molar-refractivity contribution in [3.05, 3.63) is 18.2 Å². The van der Waals surface area contributed by atoms with Gasteiger partial charge in [-0.3, -0.25) is 4.79 Å². The maximum atomic E-state index is 11.7. The molecule has 1 rings (SSSR count). The van der Waals surface area contributed by atoms with Gasteiger partial charge in [0.15, 0.2) is 0 Å². The first-order chi connectivity index (χ1) is 8.10. The van der Waals surface area contributed by atoms with Gasteiger partial charge >= 0.3 is 0 Å². The Labute approximate surface area is 109 Å². The second-order valence-electron chi connectivity index (χ2n) is 3.47. The van der Waals surface area contributed by atoms with Crippen LogP contribution in [0.1, 0.15) is 13.3 Å². The van der Waals surface area contributed by atoms with Crippen LogP contribution in [0.5, 0.6) is 11.5 Å². The largest absolute Gasteiger partial charge is 0.497 e. The zero-order chi connectivity index (χ0) is 12.8. The van der Waals surface area contributed by atoms with Gasteiger partial charge in [0.1, 0.15) is 11.5 Å². The molecule has 5 heteroatoms. The number of alkyl halides is 1. The van der Waals surface area contributed by atoms with Gasteiger partial charge in [-0.2, -0.15) is 0 Å². The highest BCUT2D eigenvalue weighted by Gasteiger charge is 2.13. The third-order valence-electron chi connectivity index (χ3n) is 2.26. The average Bonchev–Trinajstić information content (AvgIpc) is 2.36. The zero-order valence-corrected chi connectivity index (χ0v) is 11.7. The molecule has 0 radical (unpaired) electrons. The van der Waals surface area contributed by atoms with Crippen molar-refractivity contribution in [2.45, 2.75) is 18.2 Å². The number of carbonyl (C=O) groups excluding carboxylic acids is 1. The smallest absolute Gasteiger partial charge is 0.238 e. The van der Waals surface area contributed by atoms with Gasteiger partial charge in [0.2, 0.25) is 5.91 Å². The number of anilines is 1. The van der Waals surface area contributed by atoms with Crippen molar-refractivity contribution in [2.24, 2.45) is 0 Å². The molecule has 0 fully saturated rings. The van der Waals surface area contributed by atoms with Gasteiger partial charge in [-0.1, -0.05) is 22.9 Å². The molecule has 4 nitrogen and oxygen atoms in total. The molecule has 1 atom stereocenters. The molecule has 1 unspecified atom stereocenters. The quantitative estimate of drug-likeness (QED) is 0.851. The summed E-state index contributed by atoms with van der Waals surface area (Å²) in [4.78, 5) is 11.5. The van der Waals surface area contributed by atoms with E-state index in [-0.39, 0.29) is 10.7 Å². The molecule has 0 aliphatic heterocycles. The van der Waals surface area contributed by atoms with E-state index >= 15 is 0 Å². The van der Waals surface area contributed by atoms with Gasteiger partial charge in [-0.15, -0.1) is 0 Å². The lowest BCUT2D eigenvalue weighted by Gasteiger charge is -2.11. The van der Waals surface area contributed by atoms with Crippen LogP contribution in [0, 0.1) is 0 Å². The molecule has 94 valence electrons. The van der Waals surface area contributed by atoms with E-state index in [4.69, 9.17) is 9.47 Å². The van der Waals surface area contributed by atoms with Gasteiger partial charge in [0.05, 0.1) is 19.0 Å². The van der Waals surface area contributed by atoms with E-state index in [0.717, 1.165) is 6.42 Å². The zero-order valence-electron chi connectivity index (χ0n) is 10.1. The predicted octanol–water partition coefficient (Wildman–Crippen LogP) is 2.82. The number of methoxy groups -OCH3 is 2. The standard InChI is InChI=1S/C12H16BrNO3/c1-4-11(13)12(15)14-8-5-9(16-2)7-10(6-8)17-3/h5-7,11H,4H2,1-3H3,(H,14,15). The van der Waals surface area contributed by atoms with Crippen molar-refractivity contribution in [1.82, 2.24) is 0 Å². The van der Waals surface area contributed by atoms with E-state index in [9.17, 15) is 4.79 Å². The first kappa shape index (κ1) is 13.8. The lowest BCUT2D eigenvalue weighted by Crippen LogP contribution is -2.21. The fourth-order valence-electron chi connectivity index (χ4n) is 1.29. The first-order valence-electron chi connectivity index (χ1n) is 5.28. The molecule has 1 aromatic carbocycles. The molecular formula is C12H16BrNO3. The maximum Gasteiger partial charge on any atom is 0.238 e. The second-order valence-corrected chi connectivity index (χ2v) is 4.57. The number of benzene rings is 1. The van der Waals surface area contributed by atoms with Crippen LogP contribution in [0.3, 0.4) is 0 Å². The Hall–Kier alpha value is -1.23. The Morgan fingerprint density at radius 1 is 1.29 bits per heavy atom. The van der Waals surface area contributed by atoms with Crippen LogP contribution in [-0.2, 0) is 4.79 Å². The normalized spacial score (nSPS) is 11.8. The molecule has 0 aromatic heterocycles. The Morgan fingerprint density at radius 2 is 1.82 bits per heavy atom. The molecule has 0 aliphatic rings. The topological polar surface area (TPSA) is 47.6 Å². The summed E-state index contributed by atoms with van der Waals surface area (Å²) in [6, 6.07) is 5.24. The minimum absolute atomic E-state index is 0.0807. The molecule has 1 N–H and O–H groups in total. The van der Waals surface area contributed by atoms with Crippen molar-refractivity contribution in [1.29, 1.82) is 0 Å². The molecule has 17 heavy (non-hydrogen) atoms. The fourth-order valence-corrected chi connectivity index (χ4v) is 1.40. The summed E-state index contributed by atoms with van der Waals surface area (Å²) in [5.74, 6) is 1.20. The minimum atomic E-state index is -0.195. The van der Waals surface area contributed by atoms with E-state index < -0.39 is 0 Å². The number of ether oxygens (including phenoxy) is 2. The third kappa shape index (κ3) is 3.93. The number of amides is 1. The first-order valence-corrected chi connectivity index (χ1v) is 6.20. The van der Waals surface area contributed by atoms with Crippen molar-refractivity contribution in [2.75, 3.05) is 19.5 Å². The summed E-state index contributed by atoms with van der Waals surface area (Å²) in [5, 5.41) is 2.80. The summed E-state index contributed by atoms with van der Waals surface area (Å²) in [7, 11) is 3.14. The van der Waals surface area contributed by atoms with Gasteiger partial charge in [-0.25, -0.2) is 0 Å². The lowest BCUT2D eigenvalue weighted by atomic mass is 10.2. The van der Waals surface area contributed by atoms with Crippen LogP contribution in [0.4, 0.5) is 5.69 Å². The van der Waals surface area contributed by atoms with Crippen LogP contribution in [0.15, 0.2) is 18.2 Å². The molecule has 0 saturated carbocycles.